The number of amides is 1. The molecule has 1 aromatic carbocycles. The number of nitrogens with one attached hydrogen (secondary N) is 1. The molecular weight excluding hydrogens is 242 g/mol. The Balaban J connectivity index is 2.04. The van der Waals surface area contributed by atoms with Crippen molar-refractivity contribution in [1.82, 2.24) is 25.5 Å². The number of benzene rings is 1. The number of hydrogen-bond acceptors (Lipinski definition) is 4. The van der Waals surface area contributed by atoms with Crippen molar-refractivity contribution in [3.8, 4) is 11.4 Å². The van der Waals surface area contributed by atoms with Crippen LogP contribution in [0.3, 0.4) is 0 Å². The number of tetrazole rings is 1. The van der Waals surface area contributed by atoms with Gasteiger partial charge in [0.2, 0.25) is 11.7 Å². The van der Waals surface area contributed by atoms with Gasteiger partial charge >= 0.3 is 0 Å². The van der Waals surface area contributed by atoms with Gasteiger partial charge in [0, 0.05) is 12.1 Å². The first-order chi connectivity index (χ1) is 9.19. The number of rotatable bonds is 5. The van der Waals surface area contributed by atoms with Crippen molar-refractivity contribution in [1.29, 1.82) is 0 Å². The molecule has 1 amide bonds. The fourth-order valence-corrected chi connectivity index (χ4v) is 1.50. The maximum absolute atomic E-state index is 11.5. The Morgan fingerprint density at radius 3 is 2.84 bits per heavy atom. The van der Waals surface area contributed by atoms with Gasteiger partial charge in [-0.3, -0.25) is 4.79 Å². The second-order valence-electron chi connectivity index (χ2n) is 4.10. The van der Waals surface area contributed by atoms with E-state index < -0.39 is 0 Å². The maximum Gasteiger partial charge on any atom is 0.243 e. The summed E-state index contributed by atoms with van der Waals surface area (Å²) in [5, 5.41) is 14.6. The third-order valence-electron chi connectivity index (χ3n) is 2.49. The zero-order valence-electron chi connectivity index (χ0n) is 10.7. The van der Waals surface area contributed by atoms with E-state index in [0.717, 1.165) is 5.56 Å². The van der Waals surface area contributed by atoms with Crippen LogP contribution in [0.15, 0.2) is 36.9 Å². The van der Waals surface area contributed by atoms with Crippen molar-refractivity contribution in [3.63, 3.8) is 0 Å². The van der Waals surface area contributed by atoms with Crippen molar-refractivity contribution in [2.24, 2.45) is 0 Å². The van der Waals surface area contributed by atoms with E-state index in [1.807, 2.05) is 31.2 Å². The number of hydrogen-bond donors (Lipinski definition) is 1. The monoisotopic (exact) mass is 257 g/mol. The van der Waals surface area contributed by atoms with Crippen LogP contribution in [0.4, 0.5) is 0 Å². The van der Waals surface area contributed by atoms with Gasteiger partial charge in [0.1, 0.15) is 6.54 Å². The smallest absolute Gasteiger partial charge is 0.243 e. The summed E-state index contributed by atoms with van der Waals surface area (Å²) in [6, 6.07) is 7.81. The van der Waals surface area contributed by atoms with Crippen molar-refractivity contribution in [2.45, 2.75) is 13.5 Å². The third-order valence-corrected chi connectivity index (χ3v) is 2.49. The molecule has 2 aromatic rings. The van der Waals surface area contributed by atoms with E-state index in [0.29, 0.717) is 12.4 Å². The van der Waals surface area contributed by atoms with Crippen LogP contribution in [0.25, 0.3) is 11.4 Å². The molecule has 2 rings (SSSR count). The first-order valence-electron chi connectivity index (χ1n) is 5.91. The molecule has 0 aliphatic carbocycles. The highest BCUT2D eigenvalue weighted by atomic mass is 16.2. The van der Waals surface area contributed by atoms with Crippen molar-refractivity contribution < 1.29 is 4.79 Å². The van der Waals surface area contributed by atoms with Gasteiger partial charge in [0.05, 0.1) is 0 Å². The second kappa shape index (κ2) is 5.90. The lowest BCUT2D eigenvalue weighted by atomic mass is 10.1. The summed E-state index contributed by atoms with van der Waals surface area (Å²) in [4.78, 5) is 12.7. The predicted molar refractivity (Wildman–Crippen MR) is 71.2 cm³/mol. The molecule has 6 nitrogen and oxygen atoms in total. The van der Waals surface area contributed by atoms with Crippen molar-refractivity contribution in [3.05, 3.63) is 42.5 Å². The van der Waals surface area contributed by atoms with Crippen LogP contribution in [0.5, 0.6) is 0 Å². The van der Waals surface area contributed by atoms with E-state index in [9.17, 15) is 4.79 Å². The van der Waals surface area contributed by atoms with E-state index in [-0.39, 0.29) is 12.5 Å². The Bertz CT molecular complexity index is 573. The summed E-state index contributed by atoms with van der Waals surface area (Å²) in [5.74, 6) is 0.337. The number of carbonyl (C=O) groups excluding carboxylic acids is 1. The first-order valence-corrected chi connectivity index (χ1v) is 5.91. The van der Waals surface area contributed by atoms with E-state index >= 15 is 0 Å². The summed E-state index contributed by atoms with van der Waals surface area (Å²) in [5.41, 5.74) is 2.04. The van der Waals surface area contributed by atoms with Crippen LogP contribution in [-0.4, -0.2) is 32.7 Å². The largest absolute Gasteiger partial charge is 0.351 e. The van der Waals surface area contributed by atoms with Crippen LogP contribution in [0.1, 0.15) is 5.56 Å². The number of aromatic nitrogens is 4. The molecule has 1 N–H and O–H groups in total. The van der Waals surface area contributed by atoms with Gasteiger partial charge in [-0.25, -0.2) is 0 Å². The van der Waals surface area contributed by atoms with Gasteiger partial charge in [-0.1, -0.05) is 35.9 Å². The molecule has 0 spiro atoms. The molecule has 0 saturated carbocycles. The van der Waals surface area contributed by atoms with Gasteiger partial charge in [0.15, 0.2) is 0 Å². The Labute approximate surface area is 111 Å². The topological polar surface area (TPSA) is 72.7 Å². The molecule has 0 fully saturated rings. The molecular formula is C13H15N5O. The average molecular weight is 257 g/mol. The van der Waals surface area contributed by atoms with E-state index in [4.69, 9.17) is 0 Å². The maximum atomic E-state index is 11.5. The molecule has 0 radical (unpaired) electrons. The van der Waals surface area contributed by atoms with Crippen molar-refractivity contribution >= 4 is 5.91 Å². The lowest BCUT2D eigenvalue weighted by Gasteiger charge is -1.99. The molecule has 1 aromatic heterocycles. The summed E-state index contributed by atoms with van der Waals surface area (Å²) in [7, 11) is 0. The highest BCUT2D eigenvalue weighted by Crippen LogP contribution is 2.13. The van der Waals surface area contributed by atoms with Crippen LogP contribution < -0.4 is 5.32 Å². The zero-order chi connectivity index (χ0) is 13.7. The molecule has 0 atom stereocenters. The first kappa shape index (κ1) is 12.9. The van der Waals surface area contributed by atoms with Crippen LogP contribution in [0, 0.1) is 6.92 Å². The van der Waals surface area contributed by atoms with Crippen LogP contribution in [0.2, 0.25) is 0 Å². The van der Waals surface area contributed by atoms with Gasteiger partial charge < -0.3 is 5.32 Å². The molecule has 0 saturated heterocycles. The molecule has 1 heterocycles. The average Bonchev–Trinajstić information content (AvgIpc) is 2.85. The van der Waals surface area contributed by atoms with Crippen LogP contribution >= 0.6 is 0 Å². The minimum atomic E-state index is -0.173. The Kier molecular flexibility index (Phi) is 4.02. The molecule has 98 valence electrons. The van der Waals surface area contributed by atoms with E-state index in [2.05, 4.69) is 27.3 Å². The fraction of sp³-hybridized carbons (Fsp3) is 0.231. The van der Waals surface area contributed by atoms with E-state index in [1.165, 1.54) is 10.4 Å². The zero-order valence-corrected chi connectivity index (χ0v) is 10.7. The number of nitrogens with zero attached hydrogens (tertiary/aromatic N) is 4. The van der Waals surface area contributed by atoms with Crippen molar-refractivity contribution in [2.75, 3.05) is 6.54 Å². The minimum absolute atomic E-state index is 0.0483. The van der Waals surface area contributed by atoms with Gasteiger partial charge in [-0.2, -0.15) is 4.80 Å². The summed E-state index contributed by atoms with van der Waals surface area (Å²) in [6.07, 6.45) is 1.62. The minimum Gasteiger partial charge on any atom is -0.351 e. The number of carbonyl (C=O) groups is 1. The lowest BCUT2D eigenvalue weighted by Crippen LogP contribution is -2.28. The Hall–Kier alpha value is -2.50. The second-order valence-corrected chi connectivity index (χ2v) is 4.10. The van der Waals surface area contributed by atoms with Gasteiger partial charge in [-0.15, -0.1) is 16.8 Å². The third kappa shape index (κ3) is 3.48. The quantitative estimate of drug-likeness (QED) is 0.809. The van der Waals surface area contributed by atoms with Crippen LogP contribution in [-0.2, 0) is 11.3 Å². The molecule has 0 unspecified atom stereocenters. The summed E-state index contributed by atoms with van der Waals surface area (Å²) >= 11 is 0. The Morgan fingerprint density at radius 1 is 1.42 bits per heavy atom. The SMILES string of the molecule is C=CCNC(=O)Cn1nnc(-c2ccc(C)cc2)n1. The lowest BCUT2D eigenvalue weighted by molar-refractivity contribution is -0.121. The standard InChI is InChI=1S/C13H15N5O/c1-3-8-14-12(19)9-18-16-13(15-17-18)11-6-4-10(2)5-7-11/h3-7H,1,8-9H2,2H3,(H,14,19). The Morgan fingerprint density at radius 2 is 2.16 bits per heavy atom. The van der Waals surface area contributed by atoms with Gasteiger partial charge in [-0.05, 0) is 12.1 Å². The molecule has 6 heteroatoms. The van der Waals surface area contributed by atoms with E-state index in [1.54, 1.807) is 6.08 Å². The molecule has 0 aliphatic rings. The predicted octanol–water partition coefficient (Wildman–Crippen LogP) is 0.951. The highest BCUT2D eigenvalue weighted by Gasteiger charge is 2.08. The summed E-state index contributed by atoms with van der Waals surface area (Å²) in [6.45, 7) is 6.01. The van der Waals surface area contributed by atoms with Gasteiger partial charge in [0.25, 0.3) is 0 Å². The number of aryl methyl sites for hydroxylation is 1. The fourth-order valence-electron chi connectivity index (χ4n) is 1.50. The summed E-state index contributed by atoms with van der Waals surface area (Å²) < 4.78 is 0. The normalized spacial score (nSPS) is 10.2. The molecule has 0 bridgehead atoms. The molecule has 19 heavy (non-hydrogen) atoms. The highest BCUT2D eigenvalue weighted by molar-refractivity contribution is 5.75. The molecule has 0 aliphatic heterocycles.